The molecule has 0 aromatic carbocycles. The maximum Gasteiger partial charge on any atom is 0.166 e. The number of nitrogens with zero attached hydrogens (tertiary/aromatic N) is 3. The molecule has 0 N–H and O–H groups in total. The van der Waals surface area contributed by atoms with E-state index in [-0.39, 0.29) is 5.41 Å². The summed E-state index contributed by atoms with van der Waals surface area (Å²) in [6.45, 7) is 7.51. The van der Waals surface area contributed by atoms with E-state index in [1.54, 1.807) is 11.8 Å². The smallest absolute Gasteiger partial charge is 0.166 e. The van der Waals surface area contributed by atoms with E-state index in [0.717, 1.165) is 5.56 Å². The van der Waals surface area contributed by atoms with Crippen molar-refractivity contribution in [3.63, 3.8) is 0 Å². The SMILES string of the molecule is COCCn1cc(C(C)(C)C)c(C#N)n1. The number of rotatable bonds is 3. The third kappa shape index (κ3) is 2.80. The van der Waals surface area contributed by atoms with Crippen LogP contribution in [0.1, 0.15) is 32.0 Å². The Morgan fingerprint density at radius 2 is 2.20 bits per heavy atom. The van der Waals surface area contributed by atoms with Crippen LogP contribution in [-0.4, -0.2) is 23.5 Å². The first-order valence-electron chi connectivity index (χ1n) is 4.96. The van der Waals surface area contributed by atoms with Crippen molar-refractivity contribution in [3.8, 4) is 6.07 Å². The van der Waals surface area contributed by atoms with Crippen LogP contribution in [-0.2, 0) is 16.7 Å². The van der Waals surface area contributed by atoms with Crippen LogP contribution in [0.2, 0.25) is 0 Å². The van der Waals surface area contributed by atoms with Gasteiger partial charge in [0.05, 0.1) is 13.2 Å². The molecule has 0 radical (unpaired) electrons. The Balaban J connectivity index is 2.97. The molecular weight excluding hydrogens is 190 g/mol. The third-order valence-corrected chi connectivity index (χ3v) is 2.20. The van der Waals surface area contributed by atoms with Crippen molar-refractivity contribution in [2.45, 2.75) is 32.7 Å². The summed E-state index contributed by atoms with van der Waals surface area (Å²) in [5, 5.41) is 13.2. The van der Waals surface area contributed by atoms with E-state index in [9.17, 15) is 0 Å². The van der Waals surface area contributed by atoms with Crippen molar-refractivity contribution in [2.75, 3.05) is 13.7 Å². The number of hydrogen-bond donors (Lipinski definition) is 0. The van der Waals surface area contributed by atoms with E-state index in [1.165, 1.54) is 0 Å². The first kappa shape index (κ1) is 11.7. The van der Waals surface area contributed by atoms with Crippen LogP contribution in [0.4, 0.5) is 0 Å². The summed E-state index contributed by atoms with van der Waals surface area (Å²) in [6.07, 6.45) is 1.93. The van der Waals surface area contributed by atoms with Crippen molar-refractivity contribution in [3.05, 3.63) is 17.5 Å². The van der Waals surface area contributed by atoms with Crippen molar-refractivity contribution in [1.82, 2.24) is 9.78 Å². The van der Waals surface area contributed by atoms with Crippen molar-refractivity contribution >= 4 is 0 Å². The number of aromatic nitrogens is 2. The second-order valence-electron chi connectivity index (χ2n) is 4.51. The van der Waals surface area contributed by atoms with Crippen molar-refractivity contribution in [2.24, 2.45) is 0 Å². The summed E-state index contributed by atoms with van der Waals surface area (Å²) in [7, 11) is 1.65. The highest BCUT2D eigenvalue weighted by Gasteiger charge is 2.21. The van der Waals surface area contributed by atoms with Gasteiger partial charge in [0, 0.05) is 18.9 Å². The van der Waals surface area contributed by atoms with Gasteiger partial charge in [-0.05, 0) is 5.41 Å². The topological polar surface area (TPSA) is 50.8 Å². The lowest BCUT2D eigenvalue weighted by Gasteiger charge is -2.15. The Morgan fingerprint density at radius 3 is 2.60 bits per heavy atom. The van der Waals surface area contributed by atoms with Gasteiger partial charge < -0.3 is 4.74 Å². The molecule has 1 aromatic rings. The lowest BCUT2D eigenvalue weighted by atomic mass is 9.87. The number of nitriles is 1. The van der Waals surface area contributed by atoms with Gasteiger partial charge in [-0.25, -0.2) is 0 Å². The largest absolute Gasteiger partial charge is 0.383 e. The van der Waals surface area contributed by atoms with Gasteiger partial charge in [-0.15, -0.1) is 0 Å². The molecule has 1 heterocycles. The molecule has 15 heavy (non-hydrogen) atoms. The fraction of sp³-hybridized carbons (Fsp3) is 0.636. The number of ether oxygens (including phenoxy) is 1. The van der Waals surface area contributed by atoms with Gasteiger partial charge in [-0.3, -0.25) is 4.68 Å². The summed E-state index contributed by atoms with van der Waals surface area (Å²) in [5.74, 6) is 0. The predicted octanol–water partition coefficient (Wildman–Crippen LogP) is 1.70. The van der Waals surface area contributed by atoms with Crippen LogP contribution < -0.4 is 0 Å². The molecule has 0 unspecified atom stereocenters. The molecule has 0 bridgehead atoms. The molecule has 0 fully saturated rings. The van der Waals surface area contributed by atoms with Crippen LogP contribution in [0.5, 0.6) is 0 Å². The maximum absolute atomic E-state index is 8.96. The summed E-state index contributed by atoms with van der Waals surface area (Å²) >= 11 is 0. The zero-order chi connectivity index (χ0) is 11.5. The highest BCUT2D eigenvalue weighted by Crippen LogP contribution is 2.24. The van der Waals surface area contributed by atoms with Crippen LogP contribution in [0.25, 0.3) is 0 Å². The quantitative estimate of drug-likeness (QED) is 0.758. The van der Waals surface area contributed by atoms with E-state index < -0.39 is 0 Å². The highest BCUT2D eigenvalue weighted by atomic mass is 16.5. The Kier molecular flexibility index (Phi) is 3.48. The number of hydrogen-bond acceptors (Lipinski definition) is 3. The van der Waals surface area contributed by atoms with E-state index in [1.807, 2.05) is 6.20 Å². The standard InChI is InChI=1S/C11H17N3O/c1-11(2,3)9-8-14(5-6-15-4)13-10(9)7-12/h8H,5-6H2,1-4H3. The molecule has 4 nitrogen and oxygen atoms in total. The Morgan fingerprint density at radius 1 is 1.53 bits per heavy atom. The summed E-state index contributed by atoms with van der Waals surface area (Å²) in [6, 6.07) is 2.13. The predicted molar refractivity (Wildman–Crippen MR) is 57.5 cm³/mol. The molecule has 0 aliphatic heterocycles. The molecular formula is C11H17N3O. The van der Waals surface area contributed by atoms with Gasteiger partial charge in [0.25, 0.3) is 0 Å². The number of methoxy groups -OCH3 is 1. The minimum absolute atomic E-state index is 0.0453. The lowest BCUT2D eigenvalue weighted by molar-refractivity contribution is 0.183. The summed E-state index contributed by atoms with van der Waals surface area (Å²) in [5.41, 5.74) is 1.45. The van der Waals surface area contributed by atoms with E-state index in [0.29, 0.717) is 18.8 Å². The van der Waals surface area contributed by atoms with Gasteiger partial charge in [-0.1, -0.05) is 20.8 Å². The fourth-order valence-corrected chi connectivity index (χ4v) is 1.35. The van der Waals surface area contributed by atoms with Gasteiger partial charge in [0.15, 0.2) is 5.69 Å². The van der Waals surface area contributed by atoms with Gasteiger partial charge in [0.1, 0.15) is 6.07 Å². The first-order valence-corrected chi connectivity index (χ1v) is 4.96. The molecule has 0 spiro atoms. The molecule has 1 rings (SSSR count). The lowest BCUT2D eigenvalue weighted by Crippen LogP contribution is -2.11. The zero-order valence-electron chi connectivity index (χ0n) is 9.74. The molecule has 0 atom stereocenters. The molecule has 1 aromatic heterocycles. The Bertz CT molecular complexity index is 368. The fourth-order valence-electron chi connectivity index (χ4n) is 1.35. The average Bonchev–Trinajstić information content (AvgIpc) is 2.57. The molecule has 0 saturated heterocycles. The third-order valence-electron chi connectivity index (χ3n) is 2.20. The monoisotopic (exact) mass is 207 g/mol. The minimum atomic E-state index is -0.0453. The van der Waals surface area contributed by atoms with Crippen LogP contribution >= 0.6 is 0 Å². The summed E-state index contributed by atoms with van der Waals surface area (Å²) in [4.78, 5) is 0. The average molecular weight is 207 g/mol. The molecule has 0 saturated carbocycles. The first-order chi connectivity index (χ1) is 6.99. The molecule has 0 aliphatic carbocycles. The molecule has 82 valence electrons. The summed E-state index contributed by atoms with van der Waals surface area (Å²) < 4.78 is 6.74. The van der Waals surface area contributed by atoms with Crippen molar-refractivity contribution < 1.29 is 4.74 Å². The highest BCUT2D eigenvalue weighted by molar-refractivity contribution is 5.34. The Hall–Kier alpha value is -1.34. The van der Waals surface area contributed by atoms with Crippen molar-refractivity contribution in [1.29, 1.82) is 5.26 Å². The van der Waals surface area contributed by atoms with Crippen LogP contribution in [0.3, 0.4) is 0 Å². The van der Waals surface area contributed by atoms with Gasteiger partial charge in [0.2, 0.25) is 0 Å². The zero-order valence-corrected chi connectivity index (χ0v) is 9.74. The minimum Gasteiger partial charge on any atom is -0.383 e. The molecule has 4 heteroatoms. The normalized spacial score (nSPS) is 11.4. The van der Waals surface area contributed by atoms with E-state index >= 15 is 0 Å². The van der Waals surface area contributed by atoms with Gasteiger partial charge in [-0.2, -0.15) is 10.4 Å². The van der Waals surface area contributed by atoms with Crippen LogP contribution in [0.15, 0.2) is 6.20 Å². The second kappa shape index (κ2) is 4.45. The Labute approximate surface area is 90.5 Å². The molecule has 0 amide bonds. The van der Waals surface area contributed by atoms with Crippen LogP contribution in [0, 0.1) is 11.3 Å². The second-order valence-corrected chi connectivity index (χ2v) is 4.51. The van der Waals surface area contributed by atoms with Gasteiger partial charge >= 0.3 is 0 Å². The van der Waals surface area contributed by atoms with E-state index in [2.05, 4.69) is 31.9 Å². The molecule has 0 aliphatic rings. The van der Waals surface area contributed by atoms with E-state index in [4.69, 9.17) is 10.00 Å². The maximum atomic E-state index is 8.96.